The first kappa shape index (κ1) is 36.8. The molecule has 1 fully saturated rings. The first-order chi connectivity index (χ1) is 25.9. The maximum Gasteiger partial charge on any atom is 0.417 e. The molecule has 0 saturated carbocycles. The Morgan fingerprint density at radius 3 is 2.02 bits per heavy atom. The highest BCUT2D eigenvalue weighted by Crippen LogP contribution is 2.39. The number of cyclic esters (lactones) is 1. The lowest BCUT2D eigenvalue weighted by molar-refractivity contribution is -0.124. The van der Waals surface area contributed by atoms with Crippen LogP contribution in [0.25, 0.3) is 17.0 Å². The molecule has 7 rings (SSSR count). The third kappa shape index (κ3) is 6.72. The van der Waals surface area contributed by atoms with Crippen molar-refractivity contribution in [2.75, 3.05) is 6.61 Å². The lowest BCUT2D eigenvalue weighted by Crippen LogP contribution is -2.66. The number of fused-ring (bicyclic) bond motifs is 1. The summed E-state index contributed by atoms with van der Waals surface area (Å²) in [4.78, 5) is 27.8. The molecule has 10 heteroatoms. The molecule has 1 aromatic heterocycles. The normalized spacial score (nSPS) is 15.2. The number of aryl methyl sites for hydroxylation is 1. The minimum atomic E-state index is -4.06. The number of benzene rings is 5. The van der Waals surface area contributed by atoms with Crippen molar-refractivity contribution in [3.05, 3.63) is 168 Å². The van der Waals surface area contributed by atoms with Gasteiger partial charge in [0.1, 0.15) is 12.6 Å². The van der Waals surface area contributed by atoms with E-state index in [4.69, 9.17) is 9.16 Å². The smallest absolute Gasteiger partial charge is 0.417 e. The number of ether oxygens (including phenoxy) is 1. The van der Waals surface area contributed by atoms with Gasteiger partial charge >= 0.3 is 6.09 Å². The second kappa shape index (κ2) is 14.7. The van der Waals surface area contributed by atoms with Crippen LogP contribution in [0.3, 0.4) is 0 Å². The second-order valence-corrected chi connectivity index (χ2v) is 20.6. The Balaban J connectivity index is 1.35. The Kier molecular flexibility index (Phi) is 10.0. The van der Waals surface area contributed by atoms with E-state index in [2.05, 4.69) is 45.0 Å². The monoisotopic (exact) mass is 754 g/mol. The molecule has 54 heavy (non-hydrogen) atoms. The van der Waals surface area contributed by atoms with Crippen LogP contribution >= 0.6 is 0 Å². The summed E-state index contributed by atoms with van der Waals surface area (Å²) in [7, 11) is -7.04. The first-order valence-corrected chi connectivity index (χ1v) is 21.2. The zero-order valence-electron chi connectivity index (χ0n) is 30.7. The zero-order chi connectivity index (χ0) is 38.1. The topological polar surface area (TPSA) is 94.9 Å². The van der Waals surface area contributed by atoms with E-state index in [1.807, 2.05) is 85.8 Å². The van der Waals surface area contributed by atoms with Gasteiger partial charge in [-0.15, -0.1) is 0 Å². The van der Waals surface area contributed by atoms with Crippen LogP contribution in [0.1, 0.15) is 49.1 Å². The van der Waals surface area contributed by atoms with E-state index in [1.54, 1.807) is 36.4 Å². The summed E-state index contributed by atoms with van der Waals surface area (Å²) in [6.45, 7) is 8.73. The fraction of sp³-hybridized carbons (Fsp3) is 0.182. The highest BCUT2D eigenvalue weighted by Gasteiger charge is 2.50. The van der Waals surface area contributed by atoms with E-state index < -0.39 is 36.4 Å². The van der Waals surface area contributed by atoms with Crippen molar-refractivity contribution in [2.24, 2.45) is 0 Å². The van der Waals surface area contributed by atoms with Crippen molar-refractivity contribution >= 4 is 57.7 Å². The van der Waals surface area contributed by atoms with Gasteiger partial charge in [0.2, 0.25) is 0 Å². The van der Waals surface area contributed by atoms with Gasteiger partial charge in [0.25, 0.3) is 24.2 Å². The Labute approximate surface area is 317 Å². The van der Waals surface area contributed by atoms with Gasteiger partial charge in [0, 0.05) is 23.2 Å². The summed E-state index contributed by atoms with van der Waals surface area (Å²) in [6, 6.07) is 41.5. The van der Waals surface area contributed by atoms with Gasteiger partial charge in [-0.2, -0.15) is 0 Å². The van der Waals surface area contributed by atoms with Crippen molar-refractivity contribution < 1.29 is 27.2 Å². The summed E-state index contributed by atoms with van der Waals surface area (Å²) in [5.74, 6) is -0.574. The molecule has 274 valence electrons. The summed E-state index contributed by atoms with van der Waals surface area (Å²) in [5, 5.41) is 2.57. The Bertz CT molecular complexity index is 2400. The molecule has 6 aromatic rings. The van der Waals surface area contributed by atoms with E-state index in [1.165, 1.54) is 16.2 Å². The average molecular weight is 755 g/mol. The van der Waals surface area contributed by atoms with E-state index in [9.17, 15) is 18.0 Å². The molecule has 0 unspecified atom stereocenters. The van der Waals surface area contributed by atoms with Crippen LogP contribution < -0.4 is 10.4 Å². The summed E-state index contributed by atoms with van der Waals surface area (Å²) in [5.41, 5.74) is 3.39. The molecule has 0 bridgehead atoms. The van der Waals surface area contributed by atoms with E-state index in [0.29, 0.717) is 16.5 Å². The van der Waals surface area contributed by atoms with Crippen LogP contribution in [-0.2, 0) is 30.6 Å². The number of carbonyl (C=O) groups excluding carboxylic acids is 2. The molecular weight excluding hydrogens is 713 g/mol. The fourth-order valence-corrected chi connectivity index (χ4v) is 13.3. The highest BCUT2D eigenvalue weighted by molar-refractivity contribution is 7.90. The quantitative estimate of drug-likeness (QED) is 0.104. The predicted octanol–water partition coefficient (Wildman–Crippen LogP) is 8.00. The third-order valence-electron chi connectivity index (χ3n) is 10.1. The SMILES string of the molecule is Cc1ccc(S(=O)(=O)n2cc(/C=C/C(=O)N3C(=O)OC[C@@H]3c3ccccc3)c3c(CO[Si](c4ccccc4)(c4ccccc4)C(C)(C)C)cccc32)cc1. The Morgan fingerprint density at radius 2 is 1.43 bits per heavy atom. The van der Waals surface area contributed by atoms with Crippen LogP contribution in [0.5, 0.6) is 0 Å². The van der Waals surface area contributed by atoms with Crippen LogP contribution in [0.4, 0.5) is 4.79 Å². The number of hydrogen-bond donors (Lipinski definition) is 0. The minimum absolute atomic E-state index is 0.0419. The largest absolute Gasteiger partial charge is 0.446 e. The maximum absolute atomic E-state index is 14.3. The summed E-state index contributed by atoms with van der Waals surface area (Å²) in [6.07, 6.45) is 3.68. The molecule has 1 saturated heterocycles. The molecule has 5 aromatic carbocycles. The van der Waals surface area contributed by atoms with Gasteiger partial charge in [-0.25, -0.2) is 22.1 Å². The van der Waals surface area contributed by atoms with Gasteiger partial charge in [-0.3, -0.25) is 4.79 Å². The minimum Gasteiger partial charge on any atom is -0.446 e. The standard InChI is InChI=1S/C44H42N2O6SSi/c1-32-23-26-36(27-24-32)53(49,50)45-29-34(25-28-41(47)46-40(31-51-43(46)48)33-15-8-5-9-16-33)42-35(17-14-22-39(42)45)30-52-54(44(2,3)4,37-18-10-6-11-19-37)38-20-12-7-13-21-38/h5-29,40H,30-31H2,1-4H3/b28-25+/t40-/m1/s1. The van der Waals surface area contributed by atoms with Crippen molar-refractivity contribution in [1.82, 2.24) is 8.87 Å². The highest BCUT2D eigenvalue weighted by atomic mass is 32.2. The number of rotatable bonds is 10. The summed E-state index contributed by atoms with van der Waals surface area (Å²) >= 11 is 0. The third-order valence-corrected chi connectivity index (χ3v) is 16.7. The fourth-order valence-electron chi connectivity index (χ4n) is 7.41. The molecule has 0 spiro atoms. The zero-order valence-corrected chi connectivity index (χ0v) is 32.5. The molecule has 8 nitrogen and oxygen atoms in total. The van der Waals surface area contributed by atoms with E-state index in [-0.39, 0.29) is 23.1 Å². The van der Waals surface area contributed by atoms with Crippen LogP contribution in [0, 0.1) is 6.92 Å². The molecule has 0 aliphatic carbocycles. The van der Waals surface area contributed by atoms with Crippen molar-refractivity contribution in [1.29, 1.82) is 0 Å². The number of nitrogens with zero attached hydrogens (tertiary/aromatic N) is 2. The molecule has 1 atom stereocenters. The van der Waals surface area contributed by atoms with Crippen molar-refractivity contribution in [2.45, 2.75) is 50.3 Å². The Morgan fingerprint density at radius 1 is 0.833 bits per heavy atom. The van der Waals surface area contributed by atoms with E-state index >= 15 is 0 Å². The second-order valence-electron chi connectivity index (χ2n) is 14.5. The van der Waals surface area contributed by atoms with Crippen LogP contribution in [-0.4, -0.2) is 44.2 Å². The number of imide groups is 1. The first-order valence-electron chi connectivity index (χ1n) is 17.8. The molecule has 2 amide bonds. The molecule has 0 N–H and O–H groups in total. The van der Waals surface area contributed by atoms with Gasteiger partial charge in [-0.1, -0.05) is 142 Å². The van der Waals surface area contributed by atoms with Crippen LogP contribution in [0.15, 0.2) is 151 Å². The van der Waals surface area contributed by atoms with Gasteiger partial charge in [-0.05, 0) is 57.7 Å². The number of carbonyl (C=O) groups is 2. The lowest BCUT2D eigenvalue weighted by Gasteiger charge is -2.43. The van der Waals surface area contributed by atoms with Gasteiger partial charge < -0.3 is 9.16 Å². The number of amides is 2. The molecule has 1 aliphatic heterocycles. The lowest BCUT2D eigenvalue weighted by atomic mass is 10.1. The predicted molar refractivity (Wildman–Crippen MR) is 215 cm³/mol. The average Bonchev–Trinajstić information content (AvgIpc) is 3.76. The van der Waals surface area contributed by atoms with Gasteiger partial charge in [0.15, 0.2) is 0 Å². The number of aromatic nitrogens is 1. The van der Waals surface area contributed by atoms with Crippen molar-refractivity contribution in [3.63, 3.8) is 0 Å². The molecular formula is C44H42N2O6SSi. The number of hydrogen-bond acceptors (Lipinski definition) is 6. The maximum atomic E-state index is 14.3. The molecule has 1 aliphatic rings. The molecule has 2 heterocycles. The summed E-state index contributed by atoms with van der Waals surface area (Å²) < 4.78 is 42.4. The van der Waals surface area contributed by atoms with Crippen molar-refractivity contribution in [3.8, 4) is 0 Å². The van der Waals surface area contributed by atoms with E-state index in [0.717, 1.165) is 32.0 Å². The Hall–Kier alpha value is -5.55. The van der Waals surface area contributed by atoms with Gasteiger partial charge in [0.05, 0.1) is 17.0 Å². The molecule has 0 radical (unpaired) electrons. The van der Waals surface area contributed by atoms with Crippen LogP contribution in [0.2, 0.25) is 5.04 Å².